The molecule has 0 N–H and O–H groups in total. The predicted molar refractivity (Wildman–Crippen MR) is 103 cm³/mol. The van der Waals surface area contributed by atoms with Gasteiger partial charge in [0.2, 0.25) is 11.9 Å². The van der Waals surface area contributed by atoms with Crippen molar-refractivity contribution in [3.05, 3.63) is 48.3 Å². The summed E-state index contributed by atoms with van der Waals surface area (Å²) in [6.07, 6.45) is 1.88. The summed E-state index contributed by atoms with van der Waals surface area (Å²) in [6, 6.07) is 6.54. The normalized spacial score (nSPS) is 18.1. The van der Waals surface area contributed by atoms with E-state index in [1.807, 2.05) is 46.5 Å². The fourth-order valence-electron chi connectivity index (χ4n) is 3.71. The first-order chi connectivity index (χ1) is 13.3. The van der Waals surface area contributed by atoms with Gasteiger partial charge in [0.15, 0.2) is 5.75 Å². The van der Waals surface area contributed by atoms with Gasteiger partial charge in [0.25, 0.3) is 5.91 Å². The number of aryl methyl sites for hydroxylation is 1. The maximum absolute atomic E-state index is 13.1. The number of amides is 3. The van der Waals surface area contributed by atoms with Gasteiger partial charge in [-0.05, 0) is 26.0 Å². The van der Waals surface area contributed by atoms with Crippen molar-refractivity contribution in [3.63, 3.8) is 0 Å². The van der Waals surface area contributed by atoms with E-state index < -0.39 is 12.1 Å². The largest absolute Gasteiger partial charge is 0.493 e. The van der Waals surface area contributed by atoms with Gasteiger partial charge in [-0.25, -0.2) is 9.36 Å². The molecule has 0 aliphatic carbocycles. The lowest BCUT2D eigenvalue weighted by atomic mass is 10.1. The summed E-state index contributed by atoms with van der Waals surface area (Å²) in [5.74, 6) is 1.39. The average Bonchev–Trinajstić information content (AvgIpc) is 3.17. The van der Waals surface area contributed by atoms with Crippen molar-refractivity contribution >= 4 is 23.7 Å². The number of likely N-dealkylation sites (N-methyl/N-ethyl adjacent to an activating group) is 1. The second-order valence-corrected chi connectivity index (χ2v) is 7.08. The highest BCUT2D eigenvalue weighted by Crippen LogP contribution is 2.33. The van der Waals surface area contributed by atoms with Crippen LogP contribution < -0.4 is 9.30 Å². The number of nitrogens with zero attached hydrogens (tertiary/aromatic N) is 5. The number of imide groups is 1. The predicted octanol–water partition coefficient (Wildman–Crippen LogP) is 2.14. The van der Waals surface area contributed by atoms with Gasteiger partial charge >= 0.3 is 12.0 Å². The lowest BCUT2D eigenvalue weighted by Crippen LogP contribution is -2.62. The van der Waals surface area contributed by atoms with Crippen LogP contribution in [0.4, 0.5) is 10.7 Å². The minimum Gasteiger partial charge on any atom is -0.493 e. The Morgan fingerprint density at radius 2 is 2.04 bits per heavy atom. The standard InChI is InChI=1S/C20H22N5O3/c1-12(2)10-24-18(26)16-17(22(4)20(24)27)21-19-23(16)11-13(3)25(19)14-8-6-7-9-15(14)28-5/h6-9,11,16H,1,10H2,2-5H3/q+1. The summed E-state index contributed by atoms with van der Waals surface area (Å²) < 4.78 is 9.24. The molecule has 1 saturated heterocycles. The van der Waals surface area contributed by atoms with Crippen LogP contribution >= 0.6 is 0 Å². The van der Waals surface area contributed by atoms with E-state index in [4.69, 9.17) is 4.74 Å². The Bertz CT molecular complexity index is 1050. The lowest BCUT2D eigenvalue weighted by molar-refractivity contribution is -0.676. The number of hydrogen-bond acceptors (Lipinski definition) is 4. The van der Waals surface area contributed by atoms with Crippen molar-refractivity contribution in [2.75, 3.05) is 20.7 Å². The molecule has 0 radical (unpaired) electrons. The molecular formula is C20H22N5O3+. The number of carbonyl (C=O) groups excluding carboxylic acids is 2. The molecular weight excluding hydrogens is 358 g/mol. The maximum Gasteiger partial charge on any atom is 0.407 e. The van der Waals surface area contributed by atoms with Gasteiger partial charge in [-0.2, -0.15) is 4.57 Å². The first-order valence-corrected chi connectivity index (χ1v) is 8.94. The third-order valence-electron chi connectivity index (χ3n) is 4.96. The molecule has 3 amide bonds. The Balaban J connectivity index is 1.87. The molecule has 4 rings (SSSR count). The van der Waals surface area contributed by atoms with E-state index in [9.17, 15) is 9.59 Å². The molecule has 8 nitrogen and oxygen atoms in total. The van der Waals surface area contributed by atoms with Crippen molar-refractivity contribution in [1.29, 1.82) is 0 Å². The number of urea groups is 1. The highest BCUT2D eigenvalue weighted by Gasteiger charge is 2.53. The number of rotatable bonds is 4. The van der Waals surface area contributed by atoms with Crippen molar-refractivity contribution in [2.24, 2.45) is 4.99 Å². The van der Waals surface area contributed by atoms with Crippen LogP contribution in [-0.4, -0.2) is 52.8 Å². The minimum atomic E-state index is -0.674. The summed E-state index contributed by atoms with van der Waals surface area (Å²) >= 11 is 0. The number of imidazole rings is 1. The molecule has 28 heavy (non-hydrogen) atoms. The topological polar surface area (TPSA) is 71.0 Å². The first kappa shape index (κ1) is 18.0. The summed E-state index contributed by atoms with van der Waals surface area (Å²) in [5, 5.41) is 0. The summed E-state index contributed by atoms with van der Waals surface area (Å²) in [5.41, 5.74) is 2.46. The Morgan fingerprint density at radius 1 is 1.32 bits per heavy atom. The van der Waals surface area contributed by atoms with E-state index in [1.54, 1.807) is 21.1 Å². The molecule has 0 saturated carbocycles. The van der Waals surface area contributed by atoms with Crippen LogP contribution in [0.5, 0.6) is 5.75 Å². The second-order valence-electron chi connectivity index (χ2n) is 7.08. The molecule has 2 aromatic rings. The zero-order chi connectivity index (χ0) is 20.2. The number of hydrogen-bond donors (Lipinski definition) is 0. The van der Waals surface area contributed by atoms with Gasteiger partial charge in [0.1, 0.15) is 17.6 Å². The van der Waals surface area contributed by atoms with E-state index in [-0.39, 0.29) is 12.5 Å². The zero-order valence-electron chi connectivity index (χ0n) is 16.3. The van der Waals surface area contributed by atoms with Crippen LogP contribution in [0.3, 0.4) is 0 Å². The van der Waals surface area contributed by atoms with Crippen molar-refractivity contribution in [3.8, 4) is 11.4 Å². The molecule has 1 fully saturated rings. The third-order valence-corrected chi connectivity index (χ3v) is 4.96. The smallest absolute Gasteiger partial charge is 0.407 e. The van der Waals surface area contributed by atoms with E-state index in [0.717, 1.165) is 17.0 Å². The number of fused-ring (bicyclic) bond motifs is 3. The molecule has 1 aromatic carbocycles. The molecule has 144 valence electrons. The quantitative estimate of drug-likeness (QED) is 0.603. The highest BCUT2D eigenvalue weighted by molar-refractivity contribution is 6.19. The lowest BCUT2D eigenvalue weighted by Gasteiger charge is -2.33. The van der Waals surface area contributed by atoms with Gasteiger partial charge in [-0.15, -0.1) is 0 Å². The number of methoxy groups -OCH3 is 1. The van der Waals surface area contributed by atoms with Gasteiger partial charge in [0, 0.05) is 7.05 Å². The molecule has 1 aromatic heterocycles. The van der Waals surface area contributed by atoms with Crippen molar-refractivity contribution < 1.29 is 18.9 Å². The van der Waals surface area contributed by atoms with Gasteiger partial charge < -0.3 is 4.74 Å². The summed E-state index contributed by atoms with van der Waals surface area (Å²) in [6.45, 7) is 7.76. The summed E-state index contributed by atoms with van der Waals surface area (Å²) in [4.78, 5) is 33.1. The van der Waals surface area contributed by atoms with E-state index in [1.165, 1.54) is 9.80 Å². The Morgan fingerprint density at radius 3 is 2.71 bits per heavy atom. The van der Waals surface area contributed by atoms with Crippen LogP contribution in [0.15, 0.2) is 47.6 Å². The van der Waals surface area contributed by atoms with Crippen LogP contribution in [0, 0.1) is 6.92 Å². The Hall–Kier alpha value is -3.42. The number of para-hydroxylation sites is 2. The minimum absolute atomic E-state index is 0.188. The fourth-order valence-corrected chi connectivity index (χ4v) is 3.71. The van der Waals surface area contributed by atoms with E-state index in [2.05, 4.69) is 11.6 Å². The number of aromatic nitrogens is 2. The van der Waals surface area contributed by atoms with Crippen LogP contribution in [-0.2, 0) is 4.79 Å². The van der Waals surface area contributed by atoms with E-state index >= 15 is 0 Å². The van der Waals surface area contributed by atoms with Crippen LogP contribution in [0.1, 0.15) is 18.7 Å². The zero-order valence-corrected chi connectivity index (χ0v) is 16.3. The molecule has 3 heterocycles. The Kier molecular flexibility index (Phi) is 4.06. The number of carbonyl (C=O) groups is 2. The molecule has 0 spiro atoms. The SMILES string of the molecule is C=C(C)CN1C(=O)C2C(=Nc3n(-c4ccccc4OC)c(C)c[n+]32)N(C)C1=O. The van der Waals surface area contributed by atoms with E-state index in [0.29, 0.717) is 17.5 Å². The van der Waals surface area contributed by atoms with Crippen LogP contribution in [0.25, 0.3) is 5.69 Å². The highest BCUT2D eigenvalue weighted by atomic mass is 16.5. The number of amidine groups is 1. The molecule has 2 aliphatic heterocycles. The monoisotopic (exact) mass is 380 g/mol. The number of aliphatic imine (C=N–C) groups is 1. The van der Waals surface area contributed by atoms with Crippen LogP contribution in [0.2, 0.25) is 0 Å². The summed E-state index contributed by atoms with van der Waals surface area (Å²) in [7, 11) is 3.25. The Labute approximate surface area is 163 Å². The van der Waals surface area contributed by atoms with Crippen molar-refractivity contribution in [2.45, 2.75) is 19.9 Å². The van der Waals surface area contributed by atoms with Gasteiger partial charge in [-0.1, -0.05) is 29.3 Å². The first-order valence-electron chi connectivity index (χ1n) is 8.94. The molecule has 1 atom stereocenters. The number of ether oxygens (including phenoxy) is 1. The fraction of sp³-hybridized carbons (Fsp3) is 0.300. The molecule has 2 aliphatic rings. The second kappa shape index (κ2) is 6.33. The molecule has 8 heteroatoms. The van der Waals surface area contributed by atoms with Crippen molar-refractivity contribution in [1.82, 2.24) is 14.4 Å². The molecule has 1 unspecified atom stereocenters. The number of benzene rings is 1. The van der Waals surface area contributed by atoms with Gasteiger partial charge in [0.05, 0.1) is 13.7 Å². The third kappa shape index (κ3) is 2.45. The average molecular weight is 380 g/mol. The molecule has 0 bridgehead atoms. The van der Waals surface area contributed by atoms with Gasteiger partial charge in [-0.3, -0.25) is 14.6 Å². The maximum atomic E-state index is 13.1.